The van der Waals surface area contributed by atoms with Crippen molar-refractivity contribution in [2.75, 3.05) is 82.1 Å². The van der Waals surface area contributed by atoms with Gasteiger partial charge in [-0.05, 0) is 213 Å². The van der Waals surface area contributed by atoms with Gasteiger partial charge in [0, 0.05) is 171 Å². The van der Waals surface area contributed by atoms with Crippen LogP contribution in [0.3, 0.4) is 0 Å². The Bertz CT molecular complexity index is 5850. The number of H-pyrrole nitrogens is 2. The van der Waals surface area contributed by atoms with Gasteiger partial charge in [0.05, 0.1) is 55.9 Å². The molecular weight excluding hydrogens is 1470 g/mol. The second-order valence-corrected chi connectivity index (χ2v) is 32.9. The van der Waals surface area contributed by atoms with Crippen molar-refractivity contribution >= 4 is 96.8 Å². The number of amides is 3. The van der Waals surface area contributed by atoms with Gasteiger partial charge in [-0.2, -0.15) is 0 Å². The molecule has 8 N–H and O–H groups in total. The molecule has 116 heavy (non-hydrogen) atoms. The number of nitrogens with zero attached hydrogens (tertiary/aromatic N) is 9. The minimum Gasteiger partial charge on any atom is -0.381 e. The van der Waals surface area contributed by atoms with Crippen molar-refractivity contribution in [3.63, 3.8) is 0 Å². The number of anilines is 8. The lowest BCUT2D eigenvalue weighted by molar-refractivity contribution is -0.117. The third kappa shape index (κ3) is 16.8. The summed E-state index contributed by atoms with van der Waals surface area (Å²) < 4.78 is 9.86. The highest BCUT2D eigenvalue weighted by Gasteiger charge is 2.34. The number of hydrogen-bond donors (Lipinski definition) is 8. The monoisotopic (exact) mass is 1570 g/mol. The topological polar surface area (TPSA) is 252 Å². The maximum atomic E-state index is 12.1. The molecule has 0 radical (unpaired) electrons. The molecule has 7 aromatic carbocycles. The molecule has 12 heterocycles. The molecule has 5 aromatic heterocycles. The van der Waals surface area contributed by atoms with E-state index in [1.165, 1.54) is 82.2 Å². The quantitative estimate of drug-likeness (QED) is 0.0634. The van der Waals surface area contributed by atoms with Crippen molar-refractivity contribution in [2.45, 2.75) is 122 Å². The van der Waals surface area contributed by atoms with Crippen LogP contribution in [0, 0.1) is 18.8 Å². The van der Waals surface area contributed by atoms with Crippen molar-refractivity contribution < 1.29 is 19.1 Å². The fraction of sp³-hybridized carbons (Fsp3) is 0.290. The number of aromatic nitrogens is 8. The number of carbonyl (C=O) groups is 3. The molecule has 592 valence electrons. The summed E-state index contributed by atoms with van der Waals surface area (Å²) in [5.41, 5.74) is 25.1. The summed E-state index contributed by atoms with van der Waals surface area (Å²) in [6.45, 7) is 25.4. The van der Waals surface area contributed by atoms with E-state index in [0.29, 0.717) is 36.3 Å². The smallest absolute Gasteiger partial charge is 0.323 e. The second-order valence-electron chi connectivity index (χ2n) is 31.7. The minimum absolute atomic E-state index is 0.126. The SMILES string of the molecule is C=C1Cc2cc(-c3cnc(C)s3)ccc2N1.C=C1Cc2cc(-n3ccnc3C(C)C)ccc2N1.C=C1Cc2cc(N3CCCC3=O)ccc2N1.C=C1Nc2nc(-c3ccccc3)ccc2N1C.CNC(=O)c1ccc2c(c1)nc(C1CCC(OC)CC1)n2-c1ccc2[nH]c(=O)[nH]c2c1.O=C1Cc2cc(N3C[C@@H]4CC[C@@H](C4)C3)ccc2N1. The number of thiazole rings is 1. The predicted molar refractivity (Wildman–Crippen MR) is 469 cm³/mol. The Balaban J connectivity index is 0.000000106. The number of methoxy groups -OCH3 is 1. The number of benzene rings is 7. The summed E-state index contributed by atoms with van der Waals surface area (Å²) in [5.74, 6) is 6.56. The van der Waals surface area contributed by atoms with Gasteiger partial charge in [-0.1, -0.05) is 76.6 Å². The number of imidazole rings is 3. The third-order valence-electron chi connectivity index (χ3n) is 23.1. The van der Waals surface area contributed by atoms with Crippen molar-refractivity contribution in [3.8, 4) is 33.1 Å². The van der Waals surface area contributed by atoms with E-state index in [0.717, 1.165) is 182 Å². The lowest BCUT2D eigenvalue weighted by Crippen LogP contribution is -2.36. The molecule has 2 saturated heterocycles. The molecule has 3 amide bonds. The Labute approximate surface area is 680 Å². The van der Waals surface area contributed by atoms with Crippen molar-refractivity contribution in [1.82, 2.24) is 44.4 Å². The van der Waals surface area contributed by atoms with Gasteiger partial charge in [0.25, 0.3) is 5.91 Å². The van der Waals surface area contributed by atoms with E-state index in [2.05, 4.69) is 190 Å². The van der Waals surface area contributed by atoms with E-state index < -0.39 is 0 Å². The Morgan fingerprint density at radius 2 is 1.27 bits per heavy atom. The fourth-order valence-corrected chi connectivity index (χ4v) is 18.0. The van der Waals surface area contributed by atoms with Crippen LogP contribution in [0.1, 0.15) is 133 Å². The van der Waals surface area contributed by atoms with Crippen LogP contribution in [0.15, 0.2) is 224 Å². The highest BCUT2D eigenvalue weighted by Crippen LogP contribution is 2.43. The number of carbonyl (C=O) groups excluding carboxylic acids is 3. The molecular formula is C93H99N17O5S. The number of fused-ring (bicyclic) bond motifs is 9. The first-order valence-electron chi connectivity index (χ1n) is 40.1. The number of aromatic amines is 2. The molecule has 12 aromatic rings. The number of hydrogen-bond acceptors (Lipinski definition) is 16. The highest BCUT2D eigenvalue weighted by atomic mass is 32.1. The van der Waals surface area contributed by atoms with Crippen LogP contribution < -0.4 is 52.3 Å². The first-order valence-corrected chi connectivity index (χ1v) is 41.0. The average molecular weight is 1570 g/mol. The van der Waals surface area contributed by atoms with Crippen LogP contribution in [0.25, 0.3) is 55.1 Å². The normalized spacial score (nSPS) is 18.3. The van der Waals surface area contributed by atoms with Crippen LogP contribution in [0.5, 0.6) is 0 Å². The Hall–Kier alpha value is -12.6. The van der Waals surface area contributed by atoms with Crippen LogP contribution in [0.2, 0.25) is 0 Å². The van der Waals surface area contributed by atoms with E-state index in [1.54, 1.807) is 25.5 Å². The van der Waals surface area contributed by atoms with Crippen LogP contribution in [0.4, 0.5) is 45.6 Å². The summed E-state index contributed by atoms with van der Waals surface area (Å²) >= 11 is 1.73. The van der Waals surface area contributed by atoms with Gasteiger partial charge in [0.2, 0.25) is 11.8 Å². The first kappa shape index (κ1) is 77.3. The van der Waals surface area contributed by atoms with Gasteiger partial charge in [0.15, 0.2) is 5.82 Å². The zero-order valence-electron chi connectivity index (χ0n) is 66.7. The van der Waals surface area contributed by atoms with E-state index in [9.17, 15) is 19.2 Å². The van der Waals surface area contributed by atoms with E-state index in [1.807, 2.05) is 115 Å². The summed E-state index contributed by atoms with van der Waals surface area (Å²) in [4.78, 5) is 78.4. The van der Waals surface area contributed by atoms with Gasteiger partial charge in [0.1, 0.15) is 17.5 Å². The number of piperidine rings is 1. The Kier molecular flexibility index (Phi) is 22.3. The molecule has 2 bridgehead atoms. The number of ether oxygens (including phenoxy) is 1. The predicted octanol–water partition coefficient (Wildman–Crippen LogP) is 18.1. The summed E-state index contributed by atoms with van der Waals surface area (Å²) in [6.07, 6.45) is 19.3. The number of nitrogens with one attached hydrogen (secondary N) is 8. The second kappa shape index (κ2) is 33.5. The first-order chi connectivity index (χ1) is 56.2. The van der Waals surface area contributed by atoms with Gasteiger partial charge < -0.3 is 65.9 Å². The molecule has 22 nitrogen and oxygen atoms in total. The molecule has 21 rings (SSSR count). The summed E-state index contributed by atoms with van der Waals surface area (Å²) in [6, 6.07) is 51.2. The van der Waals surface area contributed by atoms with E-state index >= 15 is 0 Å². The molecule has 2 aliphatic carbocycles. The average Bonchev–Trinajstić information content (AvgIpc) is 1.60. The van der Waals surface area contributed by atoms with Crippen LogP contribution >= 0.6 is 11.3 Å². The molecule has 0 spiro atoms. The summed E-state index contributed by atoms with van der Waals surface area (Å²) in [5, 5.41) is 19.6. The summed E-state index contributed by atoms with van der Waals surface area (Å²) in [7, 11) is 5.37. The molecule has 2 saturated carbocycles. The van der Waals surface area contributed by atoms with Gasteiger partial charge in [-0.25, -0.2) is 24.7 Å². The van der Waals surface area contributed by atoms with Crippen molar-refractivity contribution in [2.24, 2.45) is 11.8 Å². The van der Waals surface area contributed by atoms with Crippen LogP contribution in [-0.2, 0) is 40.0 Å². The number of allylic oxidation sites excluding steroid dienone is 3. The van der Waals surface area contributed by atoms with Gasteiger partial charge in [-0.3, -0.25) is 19.0 Å². The Morgan fingerprint density at radius 3 is 1.93 bits per heavy atom. The molecule has 9 aliphatic rings. The highest BCUT2D eigenvalue weighted by molar-refractivity contribution is 7.15. The fourth-order valence-electron chi connectivity index (χ4n) is 17.2. The molecule has 23 heteroatoms. The number of pyridine rings is 1. The zero-order chi connectivity index (χ0) is 80.4. The van der Waals surface area contributed by atoms with E-state index in [-0.39, 0.29) is 23.4 Å². The van der Waals surface area contributed by atoms with Gasteiger partial charge in [-0.15, -0.1) is 11.3 Å². The lowest BCUT2D eigenvalue weighted by atomic mass is 9.86. The molecule has 2 atom stereocenters. The molecule has 7 aliphatic heterocycles. The van der Waals surface area contributed by atoms with Crippen LogP contribution in [-0.4, -0.2) is 104 Å². The molecule has 4 fully saturated rings. The minimum atomic E-state index is -0.226. The lowest BCUT2D eigenvalue weighted by Gasteiger charge is -2.33. The number of aryl methyl sites for hydroxylation is 1. The third-order valence-corrected chi connectivity index (χ3v) is 24.1. The van der Waals surface area contributed by atoms with Crippen molar-refractivity contribution in [3.05, 3.63) is 274 Å². The van der Waals surface area contributed by atoms with Crippen molar-refractivity contribution in [1.29, 1.82) is 0 Å². The molecule has 0 unspecified atom stereocenters. The maximum Gasteiger partial charge on any atom is 0.323 e. The maximum absolute atomic E-state index is 12.1. The Morgan fingerprint density at radius 1 is 0.629 bits per heavy atom. The zero-order valence-corrected chi connectivity index (χ0v) is 67.5. The standard InChI is InChI=1S/C23H25N5O3.C15H17N3.C15H18N2O.C14H13N3.C13H14N2O.C13H12N2S/c1-24-22(29)14-5-10-20-19(11-14)25-21(13-3-7-16(31-2)8-4-13)28(20)15-6-9-17-18(12-15)27-23(30)26-17;1-10(2)15-16-6-7-18(15)13-4-5-14-12(9-13)8-11(3)17-14;18-15-7-12-6-13(3-4-14(12)16-15)17-8-10-1-2-11(5-10)9-17;1-10-15-14-13(17(10)2)9-8-12(16-14)11-6-4-3-5-7-11;1-9-7-10-8-11(4-5-12(10)14-9)15-6-2-3-13(15)16;1-8-5-11-6-10(3-4-12(11)15-8)13-7-14-9(2)16-13/h5-6,9-13,16H,3-4,7-8H2,1-2H3,(H,24,29)(H2,26,27,30);4-7,9-10,17H,3,8H2,1-2H3;3-4,6,10-11H,1-2,5,7-9H2,(H,16,18);3-9H,1H2,2H3,(H,15,16);4-5,8,14H,1-3,6-7H2;3-4,6-7,15H,1,5H2,2H3/t;;10-,11+;;;. The van der Waals surface area contributed by atoms with Gasteiger partial charge >= 0.3 is 5.69 Å². The van der Waals surface area contributed by atoms with E-state index in [4.69, 9.17) is 9.72 Å². The number of rotatable bonds is 10. The largest absolute Gasteiger partial charge is 0.381 e.